The molecule has 17 heavy (non-hydrogen) atoms. The first kappa shape index (κ1) is 13.5. The Hall–Kier alpha value is -1.60. The third kappa shape index (κ3) is 4.04. The summed E-state index contributed by atoms with van der Waals surface area (Å²) in [5, 5.41) is 0. The summed E-state index contributed by atoms with van der Waals surface area (Å²) in [7, 11) is 3.03. The zero-order valence-electron chi connectivity index (χ0n) is 10.0. The fraction of sp³-hybridized carbons (Fsp3) is 0.600. The van der Waals surface area contributed by atoms with Crippen molar-refractivity contribution in [1.82, 2.24) is 9.55 Å². The van der Waals surface area contributed by atoms with Gasteiger partial charge in [0.05, 0.1) is 33.5 Å². The summed E-state index contributed by atoms with van der Waals surface area (Å²) < 4.78 is 16.4. The van der Waals surface area contributed by atoms with Crippen LogP contribution in [0.3, 0.4) is 0 Å². The molecule has 96 valence electrons. The van der Waals surface area contributed by atoms with Crippen molar-refractivity contribution in [3.63, 3.8) is 0 Å². The van der Waals surface area contributed by atoms with Crippen LogP contribution in [0.15, 0.2) is 10.9 Å². The minimum absolute atomic E-state index is 0.142. The maximum Gasteiger partial charge on any atom is 0.300 e. The lowest BCUT2D eigenvalue weighted by Crippen LogP contribution is -2.25. The number of nitrogens with two attached hydrogens (primary N) is 1. The first-order chi connectivity index (χ1) is 8.19. The number of methoxy groups -OCH3 is 2. The molecule has 0 aliphatic carbocycles. The van der Waals surface area contributed by atoms with E-state index in [2.05, 4.69) is 4.98 Å². The topological polar surface area (TPSA) is 88.6 Å². The van der Waals surface area contributed by atoms with Crippen molar-refractivity contribution in [2.24, 2.45) is 0 Å². The van der Waals surface area contributed by atoms with Crippen LogP contribution >= 0.6 is 0 Å². The average Bonchev–Trinajstić information content (AvgIpc) is 2.30. The van der Waals surface area contributed by atoms with Gasteiger partial charge in [-0.3, -0.25) is 9.36 Å². The van der Waals surface area contributed by atoms with E-state index in [0.717, 1.165) is 0 Å². The van der Waals surface area contributed by atoms with Crippen LogP contribution in [0.2, 0.25) is 0 Å². The van der Waals surface area contributed by atoms with Gasteiger partial charge in [-0.2, -0.15) is 4.98 Å². The fourth-order valence-corrected chi connectivity index (χ4v) is 1.26. The summed E-state index contributed by atoms with van der Waals surface area (Å²) >= 11 is 0. The van der Waals surface area contributed by atoms with Crippen LogP contribution in [0, 0.1) is 0 Å². The van der Waals surface area contributed by atoms with Gasteiger partial charge in [-0.05, 0) is 0 Å². The van der Waals surface area contributed by atoms with Crippen LogP contribution in [-0.2, 0) is 16.0 Å². The number of ether oxygens (including phenoxy) is 3. The number of rotatable bonds is 7. The van der Waals surface area contributed by atoms with Gasteiger partial charge in [-0.15, -0.1) is 0 Å². The van der Waals surface area contributed by atoms with Crippen molar-refractivity contribution in [2.45, 2.75) is 6.54 Å². The maximum atomic E-state index is 11.6. The summed E-state index contributed by atoms with van der Waals surface area (Å²) in [5.74, 6) is 0.142. The van der Waals surface area contributed by atoms with Crippen molar-refractivity contribution in [3.8, 4) is 6.01 Å². The first-order valence-corrected chi connectivity index (χ1v) is 5.17. The van der Waals surface area contributed by atoms with Gasteiger partial charge < -0.3 is 19.9 Å². The molecular weight excluding hydrogens is 226 g/mol. The van der Waals surface area contributed by atoms with Gasteiger partial charge in [-0.25, -0.2) is 0 Å². The largest absolute Gasteiger partial charge is 0.468 e. The number of nitrogen functional groups attached to an aromatic ring is 1. The Bertz CT molecular complexity index is 405. The maximum absolute atomic E-state index is 11.6. The SMILES string of the molecule is COCCOCCn1c(OC)nc(N)cc1=O. The second kappa shape index (κ2) is 6.87. The van der Waals surface area contributed by atoms with Crippen LogP contribution in [0.25, 0.3) is 0 Å². The number of hydrogen-bond acceptors (Lipinski definition) is 6. The number of aromatic nitrogens is 2. The lowest BCUT2D eigenvalue weighted by Gasteiger charge is -2.10. The Balaban J connectivity index is 2.61. The molecule has 0 amide bonds. The van der Waals surface area contributed by atoms with Crippen LogP contribution in [-0.4, -0.2) is 43.6 Å². The molecule has 1 rings (SSSR count). The van der Waals surface area contributed by atoms with E-state index in [-0.39, 0.29) is 17.4 Å². The van der Waals surface area contributed by atoms with E-state index in [1.165, 1.54) is 17.7 Å². The van der Waals surface area contributed by atoms with E-state index in [4.69, 9.17) is 19.9 Å². The minimum atomic E-state index is -0.260. The van der Waals surface area contributed by atoms with Crippen molar-refractivity contribution >= 4 is 5.82 Å². The van der Waals surface area contributed by atoms with Crippen LogP contribution in [0.1, 0.15) is 0 Å². The van der Waals surface area contributed by atoms with Gasteiger partial charge in [0.25, 0.3) is 5.56 Å². The minimum Gasteiger partial charge on any atom is -0.468 e. The predicted octanol–water partition coefficient (Wildman–Crippen LogP) is -0.503. The molecule has 0 aromatic carbocycles. The monoisotopic (exact) mass is 243 g/mol. The molecule has 7 nitrogen and oxygen atoms in total. The molecule has 7 heteroatoms. The zero-order chi connectivity index (χ0) is 12.7. The highest BCUT2D eigenvalue weighted by Crippen LogP contribution is 2.05. The highest BCUT2D eigenvalue weighted by molar-refractivity contribution is 5.27. The normalized spacial score (nSPS) is 10.5. The summed E-state index contributed by atoms with van der Waals surface area (Å²) in [6, 6.07) is 1.43. The number of nitrogens with zero attached hydrogens (tertiary/aromatic N) is 2. The van der Waals surface area contributed by atoms with Crippen LogP contribution in [0.5, 0.6) is 6.01 Å². The van der Waals surface area contributed by atoms with Gasteiger partial charge >= 0.3 is 6.01 Å². The molecule has 1 aromatic heterocycles. The molecule has 0 radical (unpaired) electrons. The van der Waals surface area contributed by atoms with E-state index < -0.39 is 0 Å². The molecule has 1 heterocycles. The summed E-state index contributed by atoms with van der Waals surface area (Å²) in [6.45, 7) is 1.74. The zero-order valence-corrected chi connectivity index (χ0v) is 10.0. The van der Waals surface area contributed by atoms with E-state index in [1.54, 1.807) is 7.11 Å². The molecular formula is C10H17N3O4. The fourth-order valence-electron chi connectivity index (χ4n) is 1.26. The lowest BCUT2D eigenvalue weighted by atomic mass is 10.5. The average molecular weight is 243 g/mol. The summed E-state index contributed by atoms with van der Waals surface area (Å²) in [5.41, 5.74) is 5.19. The molecule has 2 N–H and O–H groups in total. The molecule has 0 saturated carbocycles. The lowest BCUT2D eigenvalue weighted by molar-refractivity contribution is 0.0652. The Morgan fingerprint density at radius 1 is 1.35 bits per heavy atom. The number of hydrogen-bond donors (Lipinski definition) is 1. The Morgan fingerprint density at radius 3 is 2.76 bits per heavy atom. The molecule has 0 aliphatic heterocycles. The molecule has 0 aliphatic rings. The quantitative estimate of drug-likeness (QED) is 0.649. The van der Waals surface area contributed by atoms with Crippen molar-refractivity contribution < 1.29 is 14.2 Å². The summed E-state index contributed by atoms with van der Waals surface area (Å²) in [6.07, 6.45) is 0. The number of anilines is 1. The van der Waals surface area contributed by atoms with Crippen LogP contribution < -0.4 is 16.0 Å². The van der Waals surface area contributed by atoms with Crippen molar-refractivity contribution in [2.75, 3.05) is 39.8 Å². The van der Waals surface area contributed by atoms with Gasteiger partial charge in [0.1, 0.15) is 5.82 Å². The Kier molecular flexibility index (Phi) is 5.44. The predicted molar refractivity (Wildman–Crippen MR) is 62.2 cm³/mol. The molecule has 0 atom stereocenters. The highest BCUT2D eigenvalue weighted by Gasteiger charge is 2.07. The molecule has 0 bridgehead atoms. The Labute approximate surface area is 99.1 Å². The molecule has 1 aromatic rings. The van der Waals surface area contributed by atoms with Crippen molar-refractivity contribution in [1.29, 1.82) is 0 Å². The van der Waals surface area contributed by atoms with Gasteiger partial charge in [-0.1, -0.05) is 0 Å². The smallest absolute Gasteiger partial charge is 0.300 e. The van der Waals surface area contributed by atoms with Crippen LogP contribution in [0.4, 0.5) is 5.82 Å². The van der Waals surface area contributed by atoms with E-state index >= 15 is 0 Å². The second-order valence-corrected chi connectivity index (χ2v) is 3.26. The third-order valence-electron chi connectivity index (χ3n) is 2.07. The van der Waals surface area contributed by atoms with E-state index in [9.17, 15) is 4.79 Å². The molecule has 0 saturated heterocycles. The van der Waals surface area contributed by atoms with Gasteiger partial charge in [0, 0.05) is 13.2 Å². The van der Waals surface area contributed by atoms with Gasteiger partial charge in [0.15, 0.2) is 0 Å². The van der Waals surface area contributed by atoms with Gasteiger partial charge in [0.2, 0.25) is 0 Å². The molecule has 0 spiro atoms. The van der Waals surface area contributed by atoms with Crippen molar-refractivity contribution in [3.05, 3.63) is 16.4 Å². The van der Waals surface area contributed by atoms with E-state index in [0.29, 0.717) is 26.4 Å². The van der Waals surface area contributed by atoms with E-state index in [1.807, 2.05) is 0 Å². The molecule has 0 fully saturated rings. The highest BCUT2D eigenvalue weighted by atomic mass is 16.5. The summed E-state index contributed by atoms with van der Waals surface area (Å²) in [4.78, 5) is 15.5. The first-order valence-electron chi connectivity index (χ1n) is 5.17. The second-order valence-electron chi connectivity index (χ2n) is 3.26. The third-order valence-corrected chi connectivity index (χ3v) is 2.07. The standard InChI is InChI=1S/C10H17N3O4/c1-15-5-6-17-4-3-13-9(14)7-8(11)12-10(13)16-2/h7H,3-6,11H2,1-2H3. The molecule has 0 unspecified atom stereocenters. The Morgan fingerprint density at radius 2 is 2.12 bits per heavy atom.